The SMILES string of the molecule is C=PC1=C(P=C)CC[B]1. The summed E-state index contributed by atoms with van der Waals surface area (Å²) in [6.45, 7) is 0. The fourth-order valence-corrected chi connectivity index (χ4v) is 2.42. The molecule has 0 atom stereocenters. The van der Waals surface area contributed by atoms with Crippen LogP contribution >= 0.6 is 16.4 Å². The van der Waals surface area contributed by atoms with Crippen molar-refractivity contribution in [2.75, 3.05) is 0 Å². The predicted molar refractivity (Wildman–Crippen MR) is 50.3 cm³/mol. The Morgan fingerprint density at radius 1 is 1.33 bits per heavy atom. The summed E-state index contributed by atoms with van der Waals surface area (Å²) < 4.78 is 0. The van der Waals surface area contributed by atoms with Gasteiger partial charge in [-0.2, -0.15) is 0 Å². The second-order valence-corrected chi connectivity index (χ2v) is 3.55. The molecule has 0 N–H and O–H groups in total. The van der Waals surface area contributed by atoms with Gasteiger partial charge in [0.05, 0.1) is 0 Å². The molecule has 1 heterocycles. The van der Waals surface area contributed by atoms with E-state index in [1.807, 2.05) is 0 Å². The van der Waals surface area contributed by atoms with E-state index in [0.717, 1.165) is 8.20 Å². The molecular formula is C6H8BP2. The number of rotatable bonds is 2. The highest BCUT2D eigenvalue weighted by atomic mass is 31.1. The highest BCUT2D eigenvalue weighted by molar-refractivity contribution is 7.49. The second kappa shape index (κ2) is 3.35. The van der Waals surface area contributed by atoms with Gasteiger partial charge in [-0.25, -0.2) is 0 Å². The molecule has 0 saturated heterocycles. The van der Waals surface area contributed by atoms with E-state index in [4.69, 9.17) is 0 Å². The molecule has 0 fully saturated rings. The Morgan fingerprint density at radius 3 is 2.56 bits per heavy atom. The van der Waals surface area contributed by atoms with Gasteiger partial charge in [-0.15, -0.1) is 0 Å². The van der Waals surface area contributed by atoms with E-state index in [1.165, 1.54) is 31.5 Å². The Labute approximate surface area is 60.2 Å². The summed E-state index contributed by atoms with van der Waals surface area (Å²) in [5.74, 6) is 0. The molecule has 0 aromatic rings. The Hall–Kier alpha value is 0.145. The van der Waals surface area contributed by atoms with Crippen molar-refractivity contribution < 1.29 is 0 Å². The highest BCUT2D eigenvalue weighted by Crippen LogP contribution is 2.33. The molecule has 0 aromatic heterocycles. The van der Waals surface area contributed by atoms with Crippen LogP contribution in [0, 0.1) is 0 Å². The minimum atomic E-state index is 1.16. The summed E-state index contributed by atoms with van der Waals surface area (Å²) >= 11 is 0. The topological polar surface area (TPSA) is 0 Å². The monoisotopic (exact) mass is 153 g/mol. The van der Waals surface area contributed by atoms with Crippen molar-refractivity contribution in [1.82, 2.24) is 0 Å². The molecule has 1 aliphatic rings. The first-order chi connectivity index (χ1) is 4.38. The molecule has 3 heteroatoms. The largest absolute Gasteiger partial charge is 0.159 e. The van der Waals surface area contributed by atoms with E-state index in [0.29, 0.717) is 0 Å². The maximum atomic E-state index is 3.83. The fourth-order valence-electron chi connectivity index (χ4n) is 0.907. The Morgan fingerprint density at radius 2 is 2.11 bits per heavy atom. The zero-order valence-corrected chi connectivity index (χ0v) is 7.09. The average Bonchev–Trinajstić information content (AvgIpc) is 2.33. The van der Waals surface area contributed by atoms with Crippen LogP contribution in [0.3, 0.4) is 0 Å². The summed E-state index contributed by atoms with van der Waals surface area (Å²) in [4.78, 5) is 0. The van der Waals surface area contributed by atoms with E-state index in [-0.39, 0.29) is 0 Å². The average molecular weight is 153 g/mol. The van der Waals surface area contributed by atoms with Crippen LogP contribution in [0.25, 0.3) is 0 Å². The van der Waals surface area contributed by atoms with Crippen LogP contribution < -0.4 is 0 Å². The molecule has 0 spiro atoms. The van der Waals surface area contributed by atoms with Gasteiger partial charge >= 0.3 is 0 Å². The van der Waals surface area contributed by atoms with Crippen molar-refractivity contribution in [3.8, 4) is 0 Å². The van der Waals surface area contributed by atoms with Gasteiger partial charge in [0, 0.05) is 0 Å². The first-order valence-corrected chi connectivity index (χ1v) is 5.04. The standard InChI is InChI=1S/C6H8BP2/c1-8-5-3-4-7-6(5)9-2/h1-4H2. The normalized spacial score (nSPS) is 19.1. The van der Waals surface area contributed by atoms with Crippen LogP contribution in [0.4, 0.5) is 0 Å². The van der Waals surface area contributed by atoms with Gasteiger partial charge in [-0.1, -0.05) is 40.5 Å². The number of hydrogen-bond acceptors (Lipinski definition) is 0. The van der Waals surface area contributed by atoms with E-state index < -0.39 is 0 Å². The number of hydrogen-bond donors (Lipinski definition) is 0. The van der Waals surface area contributed by atoms with Crippen molar-refractivity contribution in [3.05, 3.63) is 10.5 Å². The van der Waals surface area contributed by atoms with Crippen LogP contribution in [0.2, 0.25) is 6.32 Å². The molecule has 0 aliphatic carbocycles. The minimum Gasteiger partial charge on any atom is -0.0909 e. The molecule has 0 bridgehead atoms. The predicted octanol–water partition coefficient (Wildman–Crippen LogP) is 2.44. The molecule has 9 heavy (non-hydrogen) atoms. The van der Waals surface area contributed by atoms with Crippen molar-refractivity contribution in [2.45, 2.75) is 12.7 Å². The van der Waals surface area contributed by atoms with Crippen molar-refractivity contribution in [1.29, 1.82) is 0 Å². The second-order valence-electron chi connectivity index (χ2n) is 1.89. The van der Waals surface area contributed by atoms with Crippen LogP contribution in [-0.2, 0) is 0 Å². The minimum absolute atomic E-state index is 1.16. The summed E-state index contributed by atoms with van der Waals surface area (Å²) in [6.07, 6.45) is 10.1. The lowest BCUT2D eigenvalue weighted by Gasteiger charge is -1.90. The lowest BCUT2D eigenvalue weighted by molar-refractivity contribution is 1.22. The Balaban J connectivity index is 2.81. The third-order valence-corrected chi connectivity index (χ3v) is 3.19. The molecular weight excluding hydrogens is 145 g/mol. The molecule has 1 rings (SSSR count). The molecule has 0 saturated carbocycles. The molecule has 0 amide bonds. The van der Waals surface area contributed by atoms with Crippen LogP contribution in [0.1, 0.15) is 6.42 Å². The van der Waals surface area contributed by atoms with E-state index in [9.17, 15) is 0 Å². The molecule has 45 valence electrons. The zero-order chi connectivity index (χ0) is 6.69. The van der Waals surface area contributed by atoms with Crippen LogP contribution in [0.5, 0.6) is 0 Å². The summed E-state index contributed by atoms with van der Waals surface area (Å²) in [5.41, 5.74) is 0. The molecule has 0 unspecified atom stereocenters. The summed E-state index contributed by atoms with van der Waals surface area (Å²) in [7, 11) is 4.61. The summed E-state index contributed by atoms with van der Waals surface area (Å²) in [5, 5.41) is 2.89. The lowest BCUT2D eigenvalue weighted by atomic mass is 9.79. The van der Waals surface area contributed by atoms with Gasteiger partial charge in [0.2, 0.25) is 0 Å². The van der Waals surface area contributed by atoms with Crippen molar-refractivity contribution >= 4 is 36.3 Å². The van der Waals surface area contributed by atoms with Crippen LogP contribution in [-0.4, -0.2) is 19.9 Å². The van der Waals surface area contributed by atoms with Gasteiger partial charge in [-0.05, 0) is 11.7 Å². The van der Waals surface area contributed by atoms with E-state index >= 15 is 0 Å². The van der Waals surface area contributed by atoms with Crippen LogP contribution in [0.15, 0.2) is 10.5 Å². The first kappa shape index (κ1) is 7.25. The van der Waals surface area contributed by atoms with E-state index in [2.05, 4.69) is 19.9 Å². The van der Waals surface area contributed by atoms with Gasteiger partial charge in [0.1, 0.15) is 0 Å². The third-order valence-electron chi connectivity index (χ3n) is 1.38. The fraction of sp³-hybridized carbons (Fsp3) is 0.333. The van der Waals surface area contributed by atoms with Crippen molar-refractivity contribution in [3.63, 3.8) is 0 Å². The molecule has 0 aromatic carbocycles. The Kier molecular flexibility index (Phi) is 2.70. The lowest BCUT2D eigenvalue weighted by Crippen LogP contribution is -1.77. The zero-order valence-electron chi connectivity index (χ0n) is 5.30. The molecule has 0 nitrogen and oxygen atoms in total. The third kappa shape index (κ3) is 1.54. The van der Waals surface area contributed by atoms with Gasteiger partial charge in [-0.3, -0.25) is 0 Å². The van der Waals surface area contributed by atoms with Gasteiger partial charge < -0.3 is 0 Å². The van der Waals surface area contributed by atoms with E-state index in [1.54, 1.807) is 0 Å². The highest BCUT2D eigenvalue weighted by Gasteiger charge is 2.10. The summed E-state index contributed by atoms with van der Waals surface area (Å²) in [6, 6.07) is 0. The molecule has 1 aliphatic heterocycles. The first-order valence-electron chi connectivity index (χ1n) is 2.88. The number of allylic oxidation sites excluding steroid dienone is 1. The van der Waals surface area contributed by atoms with Gasteiger partial charge in [0.25, 0.3) is 0 Å². The maximum absolute atomic E-state index is 3.83. The quantitative estimate of drug-likeness (QED) is 0.422. The molecule has 1 radical (unpaired) electrons. The van der Waals surface area contributed by atoms with Crippen molar-refractivity contribution in [2.24, 2.45) is 0 Å². The maximum Gasteiger partial charge on any atom is 0.159 e. The smallest absolute Gasteiger partial charge is 0.0909 e. The van der Waals surface area contributed by atoms with Gasteiger partial charge in [0.15, 0.2) is 7.28 Å². The Bertz CT molecular complexity index is 154.